The number of aromatic nitrogens is 2. The molecule has 1 aliphatic rings. The standard InChI is InChI=1S/C16H14ClN3OS/c17-13-5-2-1-4-11(13)8-20-9-12(10-20)16-18-15(19-21-16)14-6-3-7-22-14/h1-7,12H,8-10H2. The summed E-state index contributed by atoms with van der Waals surface area (Å²) in [6, 6.07) is 12.0. The quantitative estimate of drug-likeness (QED) is 0.723. The molecule has 1 fully saturated rings. The van der Waals surface area contributed by atoms with E-state index in [0.717, 1.165) is 41.0 Å². The Balaban J connectivity index is 1.38. The van der Waals surface area contributed by atoms with Gasteiger partial charge < -0.3 is 4.52 Å². The fraction of sp³-hybridized carbons (Fsp3) is 0.250. The van der Waals surface area contributed by atoms with E-state index in [0.29, 0.717) is 11.7 Å². The molecule has 1 aliphatic heterocycles. The number of rotatable bonds is 4. The van der Waals surface area contributed by atoms with Gasteiger partial charge in [0.25, 0.3) is 0 Å². The minimum atomic E-state index is 0.323. The molecule has 0 radical (unpaired) electrons. The number of halogens is 1. The molecule has 1 saturated heterocycles. The van der Waals surface area contributed by atoms with Crippen LogP contribution in [0.5, 0.6) is 0 Å². The summed E-state index contributed by atoms with van der Waals surface area (Å²) in [5.41, 5.74) is 1.16. The molecule has 0 saturated carbocycles. The topological polar surface area (TPSA) is 42.2 Å². The zero-order chi connectivity index (χ0) is 14.9. The third-order valence-electron chi connectivity index (χ3n) is 3.84. The van der Waals surface area contributed by atoms with Crippen molar-refractivity contribution >= 4 is 22.9 Å². The average Bonchev–Trinajstić information content (AvgIpc) is 3.15. The van der Waals surface area contributed by atoms with Crippen molar-refractivity contribution in [3.05, 3.63) is 58.3 Å². The maximum absolute atomic E-state index is 6.20. The first-order chi connectivity index (χ1) is 10.8. The highest BCUT2D eigenvalue weighted by molar-refractivity contribution is 7.13. The molecule has 6 heteroatoms. The van der Waals surface area contributed by atoms with Crippen LogP contribution in [0.15, 0.2) is 46.3 Å². The van der Waals surface area contributed by atoms with Crippen molar-refractivity contribution in [1.29, 1.82) is 0 Å². The third kappa shape index (κ3) is 2.67. The predicted octanol–water partition coefficient (Wildman–Crippen LogP) is 4.05. The van der Waals surface area contributed by atoms with Crippen molar-refractivity contribution in [2.45, 2.75) is 12.5 Å². The molecule has 0 bridgehead atoms. The smallest absolute Gasteiger partial charge is 0.232 e. The highest BCUT2D eigenvalue weighted by Gasteiger charge is 2.32. The van der Waals surface area contributed by atoms with Gasteiger partial charge in [-0.3, -0.25) is 4.90 Å². The molecule has 4 nitrogen and oxygen atoms in total. The summed E-state index contributed by atoms with van der Waals surface area (Å²) in [5.74, 6) is 1.75. The SMILES string of the molecule is Clc1ccccc1CN1CC(c2nc(-c3cccs3)no2)C1. The lowest BCUT2D eigenvalue weighted by Gasteiger charge is -2.37. The van der Waals surface area contributed by atoms with E-state index in [9.17, 15) is 0 Å². The number of nitrogens with zero attached hydrogens (tertiary/aromatic N) is 3. The zero-order valence-corrected chi connectivity index (χ0v) is 13.3. The number of benzene rings is 1. The van der Waals surface area contributed by atoms with Crippen LogP contribution in [0.4, 0.5) is 0 Å². The van der Waals surface area contributed by atoms with Gasteiger partial charge in [-0.2, -0.15) is 4.98 Å². The minimum absolute atomic E-state index is 0.323. The maximum Gasteiger partial charge on any atom is 0.232 e. The molecule has 1 aromatic carbocycles. The summed E-state index contributed by atoms with van der Waals surface area (Å²) >= 11 is 7.82. The summed E-state index contributed by atoms with van der Waals surface area (Å²) < 4.78 is 5.41. The van der Waals surface area contributed by atoms with E-state index < -0.39 is 0 Å². The van der Waals surface area contributed by atoms with Crippen LogP contribution in [-0.4, -0.2) is 28.1 Å². The molecule has 0 atom stereocenters. The summed E-state index contributed by atoms with van der Waals surface area (Å²) in [6.45, 7) is 2.72. The lowest BCUT2D eigenvalue weighted by atomic mass is 9.99. The van der Waals surface area contributed by atoms with Gasteiger partial charge in [0.1, 0.15) is 0 Å². The van der Waals surface area contributed by atoms with E-state index in [1.54, 1.807) is 11.3 Å². The average molecular weight is 332 g/mol. The fourth-order valence-corrected chi connectivity index (χ4v) is 3.47. The molecule has 0 aliphatic carbocycles. The second kappa shape index (κ2) is 5.83. The molecule has 0 unspecified atom stereocenters. The molecule has 3 heterocycles. The number of hydrogen-bond acceptors (Lipinski definition) is 5. The molecule has 3 aromatic rings. The maximum atomic E-state index is 6.20. The van der Waals surface area contributed by atoms with Crippen molar-refractivity contribution in [1.82, 2.24) is 15.0 Å². The van der Waals surface area contributed by atoms with Crippen molar-refractivity contribution in [2.75, 3.05) is 13.1 Å². The van der Waals surface area contributed by atoms with Crippen LogP contribution in [0.1, 0.15) is 17.4 Å². The van der Waals surface area contributed by atoms with Crippen LogP contribution in [0.25, 0.3) is 10.7 Å². The Bertz CT molecular complexity index is 765. The van der Waals surface area contributed by atoms with E-state index in [1.165, 1.54) is 0 Å². The van der Waals surface area contributed by atoms with E-state index in [2.05, 4.69) is 21.1 Å². The van der Waals surface area contributed by atoms with E-state index in [-0.39, 0.29) is 0 Å². The Morgan fingerprint density at radius 2 is 2.09 bits per heavy atom. The van der Waals surface area contributed by atoms with Crippen molar-refractivity contribution in [3.63, 3.8) is 0 Å². The lowest BCUT2D eigenvalue weighted by Crippen LogP contribution is -2.44. The van der Waals surface area contributed by atoms with Crippen LogP contribution in [-0.2, 0) is 6.54 Å². The van der Waals surface area contributed by atoms with Gasteiger partial charge in [-0.1, -0.05) is 41.0 Å². The van der Waals surface area contributed by atoms with E-state index >= 15 is 0 Å². The molecular weight excluding hydrogens is 318 g/mol. The van der Waals surface area contributed by atoms with Crippen LogP contribution in [0.2, 0.25) is 5.02 Å². The predicted molar refractivity (Wildman–Crippen MR) is 87.1 cm³/mol. The highest BCUT2D eigenvalue weighted by Crippen LogP contribution is 2.30. The van der Waals surface area contributed by atoms with Gasteiger partial charge in [-0.25, -0.2) is 0 Å². The molecule has 22 heavy (non-hydrogen) atoms. The zero-order valence-electron chi connectivity index (χ0n) is 11.8. The molecule has 4 rings (SSSR count). The normalized spacial score (nSPS) is 15.9. The van der Waals surface area contributed by atoms with Crippen molar-refractivity contribution < 1.29 is 4.52 Å². The first-order valence-corrected chi connectivity index (χ1v) is 8.38. The van der Waals surface area contributed by atoms with Gasteiger partial charge in [-0.15, -0.1) is 11.3 Å². The van der Waals surface area contributed by atoms with Gasteiger partial charge >= 0.3 is 0 Å². The van der Waals surface area contributed by atoms with Crippen LogP contribution < -0.4 is 0 Å². The van der Waals surface area contributed by atoms with Gasteiger partial charge in [0.2, 0.25) is 11.7 Å². The van der Waals surface area contributed by atoms with Crippen LogP contribution >= 0.6 is 22.9 Å². The molecule has 0 amide bonds. The second-order valence-corrected chi connectivity index (χ2v) is 6.77. The lowest BCUT2D eigenvalue weighted by molar-refractivity contribution is 0.117. The minimum Gasteiger partial charge on any atom is -0.339 e. The Labute approximate surface area is 137 Å². The Morgan fingerprint density at radius 1 is 1.23 bits per heavy atom. The van der Waals surface area contributed by atoms with E-state index in [4.69, 9.17) is 16.1 Å². The van der Waals surface area contributed by atoms with Gasteiger partial charge in [-0.05, 0) is 23.1 Å². The molecule has 0 N–H and O–H groups in total. The van der Waals surface area contributed by atoms with Gasteiger partial charge in [0.15, 0.2) is 0 Å². The van der Waals surface area contributed by atoms with Crippen molar-refractivity contribution in [3.8, 4) is 10.7 Å². The molecule has 2 aromatic heterocycles. The second-order valence-electron chi connectivity index (χ2n) is 5.42. The first-order valence-electron chi connectivity index (χ1n) is 7.13. The number of hydrogen-bond donors (Lipinski definition) is 0. The Kier molecular flexibility index (Phi) is 3.70. The van der Waals surface area contributed by atoms with Gasteiger partial charge in [0.05, 0.1) is 10.8 Å². The summed E-state index contributed by atoms with van der Waals surface area (Å²) in [5, 5.41) is 6.91. The molecular formula is C16H14ClN3OS. The molecule has 0 spiro atoms. The summed E-state index contributed by atoms with van der Waals surface area (Å²) in [7, 11) is 0. The Hall–Kier alpha value is -1.69. The van der Waals surface area contributed by atoms with Crippen LogP contribution in [0.3, 0.4) is 0 Å². The monoisotopic (exact) mass is 331 g/mol. The largest absolute Gasteiger partial charge is 0.339 e. The Morgan fingerprint density at radius 3 is 2.86 bits per heavy atom. The van der Waals surface area contributed by atoms with Gasteiger partial charge in [0, 0.05) is 24.7 Å². The first kappa shape index (κ1) is 13.9. The number of likely N-dealkylation sites (tertiary alicyclic amines) is 1. The summed E-state index contributed by atoms with van der Waals surface area (Å²) in [6.07, 6.45) is 0. The highest BCUT2D eigenvalue weighted by atomic mass is 35.5. The fourth-order valence-electron chi connectivity index (χ4n) is 2.63. The van der Waals surface area contributed by atoms with Crippen LogP contribution in [0, 0.1) is 0 Å². The summed E-state index contributed by atoms with van der Waals surface area (Å²) in [4.78, 5) is 7.89. The number of thiophene rings is 1. The molecule has 112 valence electrons. The van der Waals surface area contributed by atoms with E-state index in [1.807, 2.05) is 35.7 Å². The van der Waals surface area contributed by atoms with Crippen molar-refractivity contribution in [2.24, 2.45) is 0 Å². The third-order valence-corrected chi connectivity index (χ3v) is 5.08.